The third-order valence-electron chi connectivity index (χ3n) is 2.65. The number of nitrogens with zero attached hydrogens (tertiary/aromatic N) is 1. The van der Waals surface area contributed by atoms with Crippen molar-refractivity contribution in [2.75, 3.05) is 5.43 Å². The molecule has 2 aromatic carbocycles. The first-order valence-electron chi connectivity index (χ1n) is 6.32. The number of carbonyl (C=O) groups is 1. The van der Waals surface area contributed by atoms with E-state index in [1.807, 2.05) is 0 Å². The topological polar surface area (TPSA) is 70.9 Å². The number of benzene rings is 2. The van der Waals surface area contributed by atoms with Crippen LogP contribution in [0.3, 0.4) is 0 Å². The number of hydrazone groups is 1. The van der Waals surface area contributed by atoms with E-state index in [1.165, 1.54) is 30.5 Å². The standard InChI is InChI=1S/C15H11F3N2O3/c16-15(17,18)23-13-7-5-12(6-8-13)20-19-9-10-1-3-11(4-2-10)14(21)22/h1-9,20H,(H,21,22)/b19-9+. The summed E-state index contributed by atoms with van der Waals surface area (Å²) in [6.45, 7) is 0. The zero-order chi connectivity index (χ0) is 16.9. The molecule has 0 saturated carbocycles. The number of anilines is 1. The van der Waals surface area contributed by atoms with Gasteiger partial charge in [-0.05, 0) is 42.0 Å². The van der Waals surface area contributed by atoms with E-state index in [0.717, 1.165) is 12.1 Å². The predicted octanol–water partition coefficient (Wildman–Crippen LogP) is 3.73. The number of carboxylic acid groups (broad SMARTS) is 1. The zero-order valence-electron chi connectivity index (χ0n) is 11.5. The third kappa shape index (κ3) is 5.34. The highest BCUT2D eigenvalue weighted by molar-refractivity contribution is 5.89. The van der Waals surface area contributed by atoms with Crippen molar-refractivity contribution >= 4 is 17.9 Å². The van der Waals surface area contributed by atoms with Gasteiger partial charge in [0.1, 0.15) is 5.75 Å². The molecule has 0 atom stereocenters. The van der Waals surface area contributed by atoms with Gasteiger partial charge in [0.2, 0.25) is 0 Å². The first kappa shape index (κ1) is 16.3. The van der Waals surface area contributed by atoms with E-state index in [0.29, 0.717) is 11.3 Å². The van der Waals surface area contributed by atoms with E-state index in [2.05, 4.69) is 15.3 Å². The number of nitrogens with one attached hydrogen (secondary N) is 1. The van der Waals surface area contributed by atoms with E-state index in [-0.39, 0.29) is 11.3 Å². The quantitative estimate of drug-likeness (QED) is 0.649. The fourth-order valence-corrected chi connectivity index (χ4v) is 1.62. The lowest BCUT2D eigenvalue weighted by Gasteiger charge is -2.08. The van der Waals surface area contributed by atoms with Gasteiger partial charge < -0.3 is 9.84 Å². The SMILES string of the molecule is O=C(O)c1ccc(/C=N/Nc2ccc(OC(F)(F)F)cc2)cc1. The van der Waals surface area contributed by atoms with E-state index >= 15 is 0 Å². The first-order valence-corrected chi connectivity index (χ1v) is 6.32. The second kappa shape index (κ2) is 6.82. The van der Waals surface area contributed by atoms with Crippen LogP contribution < -0.4 is 10.2 Å². The maximum Gasteiger partial charge on any atom is 0.573 e. The smallest absolute Gasteiger partial charge is 0.478 e. The van der Waals surface area contributed by atoms with Gasteiger partial charge in [0.05, 0.1) is 17.5 Å². The molecule has 0 amide bonds. The molecular formula is C15H11F3N2O3. The summed E-state index contributed by atoms with van der Waals surface area (Å²) < 4.78 is 39.8. The van der Waals surface area contributed by atoms with Gasteiger partial charge in [-0.2, -0.15) is 5.10 Å². The molecule has 2 rings (SSSR count). The molecule has 0 saturated heterocycles. The molecule has 0 fully saturated rings. The molecular weight excluding hydrogens is 313 g/mol. The Morgan fingerprint density at radius 1 is 1.09 bits per heavy atom. The van der Waals surface area contributed by atoms with Crippen molar-refractivity contribution in [1.29, 1.82) is 0 Å². The Morgan fingerprint density at radius 2 is 1.70 bits per heavy atom. The average molecular weight is 324 g/mol. The largest absolute Gasteiger partial charge is 0.573 e. The van der Waals surface area contributed by atoms with Gasteiger partial charge in [-0.1, -0.05) is 12.1 Å². The molecule has 0 aliphatic rings. The van der Waals surface area contributed by atoms with E-state index in [1.54, 1.807) is 12.1 Å². The van der Waals surface area contributed by atoms with Crippen molar-refractivity contribution in [2.45, 2.75) is 6.36 Å². The lowest BCUT2D eigenvalue weighted by Crippen LogP contribution is -2.16. The molecule has 0 bridgehead atoms. The number of alkyl halides is 3. The summed E-state index contributed by atoms with van der Waals surface area (Å²) in [6, 6.07) is 11.1. The highest BCUT2D eigenvalue weighted by Crippen LogP contribution is 2.23. The van der Waals surface area contributed by atoms with Gasteiger partial charge in [0.25, 0.3) is 0 Å². The van der Waals surface area contributed by atoms with Gasteiger partial charge >= 0.3 is 12.3 Å². The van der Waals surface area contributed by atoms with Crippen LogP contribution in [0.1, 0.15) is 15.9 Å². The highest BCUT2D eigenvalue weighted by Gasteiger charge is 2.30. The number of hydrogen-bond acceptors (Lipinski definition) is 4. The van der Waals surface area contributed by atoms with Crippen LogP contribution in [0, 0.1) is 0 Å². The van der Waals surface area contributed by atoms with Crippen molar-refractivity contribution in [3.8, 4) is 5.75 Å². The summed E-state index contributed by atoms with van der Waals surface area (Å²) in [4.78, 5) is 10.7. The van der Waals surface area contributed by atoms with Crippen LogP contribution in [0.15, 0.2) is 53.6 Å². The molecule has 0 aliphatic carbocycles. The summed E-state index contributed by atoms with van der Waals surface area (Å²) in [5.41, 5.74) is 3.94. The summed E-state index contributed by atoms with van der Waals surface area (Å²) >= 11 is 0. The van der Waals surface area contributed by atoms with Gasteiger partial charge in [0, 0.05) is 0 Å². The zero-order valence-corrected chi connectivity index (χ0v) is 11.5. The minimum Gasteiger partial charge on any atom is -0.478 e. The number of ether oxygens (including phenoxy) is 1. The Bertz CT molecular complexity index is 695. The second-order valence-electron chi connectivity index (χ2n) is 4.37. The van der Waals surface area contributed by atoms with Crippen LogP contribution in [0.5, 0.6) is 5.75 Å². The Kier molecular flexibility index (Phi) is 4.85. The predicted molar refractivity (Wildman–Crippen MR) is 77.7 cm³/mol. The average Bonchev–Trinajstić information content (AvgIpc) is 2.48. The Morgan fingerprint density at radius 3 is 2.22 bits per heavy atom. The van der Waals surface area contributed by atoms with Crippen molar-refractivity contribution in [3.05, 3.63) is 59.7 Å². The summed E-state index contributed by atoms with van der Waals surface area (Å²) in [7, 11) is 0. The number of aromatic carboxylic acids is 1. The fraction of sp³-hybridized carbons (Fsp3) is 0.0667. The minimum absolute atomic E-state index is 0.162. The molecule has 0 spiro atoms. The second-order valence-corrected chi connectivity index (χ2v) is 4.37. The molecule has 0 heterocycles. The first-order chi connectivity index (χ1) is 10.8. The van der Waals surface area contributed by atoms with Gasteiger partial charge in [-0.25, -0.2) is 4.79 Å². The van der Waals surface area contributed by atoms with Gasteiger partial charge in [-0.15, -0.1) is 13.2 Å². The number of halogens is 3. The molecule has 8 heteroatoms. The molecule has 0 aliphatic heterocycles. The molecule has 5 nitrogen and oxygen atoms in total. The van der Waals surface area contributed by atoms with Crippen LogP contribution in [-0.4, -0.2) is 23.7 Å². The van der Waals surface area contributed by atoms with Crippen LogP contribution in [-0.2, 0) is 0 Å². The normalized spacial score (nSPS) is 11.4. The van der Waals surface area contributed by atoms with E-state index in [4.69, 9.17) is 5.11 Å². The monoisotopic (exact) mass is 324 g/mol. The summed E-state index contributed by atoms with van der Waals surface area (Å²) in [6.07, 6.45) is -3.28. The number of hydrogen-bond donors (Lipinski definition) is 2. The lowest BCUT2D eigenvalue weighted by molar-refractivity contribution is -0.274. The van der Waals surface area contributed by atoms with Crippen LogP contribution in [0.2, 0.25) is 0 Å². The molecule has 0 unspecified atom stereocenters. The van der Waals surface area contributed by atoms with Crippen LogP contribution >= 0.6 is 0 Å². The maximum absolute atomic E-state index is 12.0. The lowest BCUT2D eigenvalue weighted by atomic mass is 10.1. The molecule has 2 N–H and O–H groups in total. The van der Waals surface area contributed by atoms with Crippen molar-refractivity contribution in [2.24, 2.45) is 5.10 Å². The molecule has 0 aromatic heterocycles. The fourth-order valence-electron chi connectivity index (χ4n) is 1.62. The summed E-state index contributed by atoms with van der Waals surface area (Å²) in [5, 5.41) is 12.7. The molecule has 120 valence electrons. The van der Waals surface area contributed by atoms with Crippen LogP contribution in [0.4, 0.5) is 18.9 Å². The van der Waals surface area contributed by atoms with Crippen molar-refractivity contribution in [3.63, 3.8) is 0 Å². The highest BCUT2D eigenvalue weighted by atomic mass is 19.4. The maximum atomic E-state index is 12.0. The number of carboxylic acids is 1. The number of rotatable bonds is 5. The van der Waals surface area contributed by atoms with E-state index in [9.17, 15) is 18.0 Å². The summed E-state index contributed by atoms with van der Waals surface area (Å²) in [5.74, 6) is -1.34. The molecule has 2 aromatic rings. The van der Waals surface area contributed by atoms with E-state index < -0.39 is 12.3 Å². The molecule has 0 radical (unpaired) electrons. The Balaban J connectivity index is 1.93. The third-order valence-corrected chi connectivity index (χ3v) is 2.65. The van der Waals surface area contributed by atoms with Gasteiger partial charge in [-0.3, -0.25) is 5.43 Å². The Labute approximate surface area is 129 Å². The van der Waals surface area contributed by atoms with Crippen molar-refractivity contribution in [1.82, 2.24) is 0 Å². The van der Waals surface area contributed by atoms with Crippen molar-refractivity contribution < 1.29 is 27.8 Å². The minimum atomic E-state index is -4.73. The van der Waals surface area contributed by atoms with Gasteiger partial charge in [0.15, 0.2) is 0 Å². The Hall–Kier alpha value is -3.03. The molecule has 23 heavy (non-hydrogen) atoms. The van der Waals surface area contributed by atoms with Crippen LogP contribution in [0.25, 0.3) is 0 Å².